The van der Waals surface area contributed by atoms with Gasteiger partial charge >= 0.3 is 5.97 Å². The number of aryl methyl sites for hydroxylation is 1. The van der Waals surface area contributed by atoms with Gasteiger partial charge in [0.2, 0.25) is 0 Å². The van der Waals surface area contributed by atoms with E-state index in [0.29, 0.717) is 12.3 Å². The van der Waals surface area contributed by atoms with Crippen LogP contribution in [-0.4, -0.2) is 51.5 Å². The lowest BCUT2D eigenvalue weighted by Crippen LogP contribution is -2.36. The number of fused-ring (bicyclic) bond motifs is 1. The lowest BCUT2D eigenvalue weighted by atomic mass is 9.98. The predicted octanol–water partition coefficient (Wildman–Crippen LogP) is 4.13. The number of amides is 1. The van der Waals surface area contributed by atoms with Crippen LogP contribution in [0, 0.1) is 11.7 Å². The highest BCUT2D eigenvalue weighted by Gasteiger charge is 2.26. The maximum Gasteiger partial charge on any atom is 0.306 e. The van der Waals surface area contributed by atoms with E-state index in [4.69, 9.17) is 15.2 Å². The number of hydrogen-bond acceptors (Lipinski definition) is 8. The highest BCUT2D eigenvalue weighted by Crippen LogP contribution is 2.27. The minimum absolute atomic E-state index is 0.0922. The first-order valence-corrected chi connectivity index (χ1v) is 12.1. The summed E-state index contributed by atoms with van der Waals surface area (Å²) in [6.45, 7) is 9.73. The van der Waals surface area contributed by atoms with Gasteiger partial charge in [-0.3, -0.25) is 14.3 Å². The Bertz CT molecular complexity index is 1270. The van der Waals surface area contributed by atoms with Crippen molar-refractivity contribution in [2.45, 2.75) is 52.7 Å². The van der Waals surface area contributed by atoms with Crippen LogP contribution in [0.25, 0.3) is 10.9 Å². The van der Waals surface area contributed by atoms with Gasteiger partial charge in [-0.15, -0.1) is 0 Å². The average Bonchev–Trinajstić information content (AvgIpc) is 3.16. The number of pyridine rings is 1. The maximum absolute atomic E-state index is 15.1. The largest absolute Gasteiger partial charge is 0.460 e. The highest BCUT2D eigenvalue weighted by atomic mass is 19.1. The summed E-state index contributed by atoms with van der Waals surface area (Å²) in [7, 11) is 1.84. The molecule has 37 heavy (non-hydrogen) atoms. The van der Waals surface area contributed by atoms with Gasteiger partial charge in [-0.05, 0) is 57.9 Å². The summed E-state index contributed by atoms with van der Waals surface area (Å²) >= 11 is 0. The molecule has 0 aliphatic rings. The zero-order valence-corrected chi connectivity index (χ0v) is 22.1. The number of primary amides is 1. The van der Waals surface area contributed by atoms with Crippen LogP contribution < -0.4 is 16.4 Å². The number of ether oxygens (including phenoxy) is 2. The number of carbonyl (C=O) groups excluding carboxylic acids is 2. The van der Waals surface area contributed by atoms with Crippen LogP contribution in [-0.2, 0) is 21.3 Å². The molecule has 0 radical (unpaired) electrons. The van der Waals surface area contributed by atoms with Gasteiger partial charge in [-0.1, -0.05) is 6.92 Å². The zero-order valence-electron chi connectivity index (χ0n) is 22.1. The molecule has 11 heteroatoms. The van der Waals surface area contributed by atoms with Gasteiger partial charge in [0.25, 0.3) is 5.91 Å². The second kappa shape index (κ2) is 11.5. The fourth-order valence-electron chi connectivity index (χ4n) is 3.81. The molecule has 2 heterocycles. The van der Waals surface area contributed by atoms with Gasteiger partial charge in [0, 0.05) is 24.7 Å². The summed E-state index contributed by atoms with van der Waals surface area (Å²) < 4.78 is 27.8. The fourth-order valence-corrected chi connectivity index (χ4v) is 3.81. The van der Waals surface area contributed by atoms with Crippen LogP contribution >= 0.6 is 0 Å². The molecular formula is C26H35FN6O4. The van der Waals surface area contributed by atoms with Crippen molar-refractivity contribution < 1.29 is 23.5 Å². The highest BCUT2D eigenvalue weighted by molar-refractivity contribution is 5.99. The Morgan fingerprint density at radius 3 is 2.59 bits per heavy atom. The molecule has 0 bridgehead atoms. The first kappa shape index (κ1) is 27.9. The molecule has 0 spiro atoms. The molecule has 3 rings (SSSR count). The predicted molar refractivity (Wildman–Crippen MR) is 140 cm³/mol. The normalized spacial score (nSPS) is 13.3. The number of hydrogen-bond donors (Lipinski definition) is 3. The monoisotopic (exact) mass is 514 g/mol. The van der Waals surface area contributed by atoms with Gasteiger partial charge in [-0.2, -0.15) is 5.10 Å². The maximum atomic E-state index is 15.1. The van der Waals surface area contributed by atoms with Crippen LogP contribution in [0.15, 0.2) is 30.5 Å². The zero-order chi connectivity index (χ0) is 27.3. The standard InChI is InChI=1S/C26H35FN6O4/c1-7-36-14-20(15(2)10-22(34)37-26(3,4)5)31-25-19(27)12-18(23(28)35)24(32-25)30-17-8-9-21-16(11-17)13-29-33(21)6/h8-9,11-13,15,20H,7,10,14H2,1-6H3,(H2,28,35)(H2,30,31,32)/t15-,20-/m1/s1. The molecular weight excluding hydrogens is 479 g/mol. The smallest absolute Gasteiger partial charge is 0.306 e. The third-order valence-corrected chi connectivity index (χ3v) is 5.67. The van der Waals surface area contributed by atoms with Crippen molar-refractivity contribution in [3.8, 4) is 0 Å². The summed E-state index contributed by atoms with van der Waals surface area (Å²) in [5.74, 6) is -2.23. The summed E-state index contributed by atoms with van der Waals surface area (Å²) in [5.41, 5.74) is 6.34. The van der Waals surface area contributed by atoms with Gasteiger partial charge in [0.15, 0.2) is 11.6 Å². The number of anilines is 3. The van der Waals surface area contributed by atoms with Crippen molar-refractivity contribution in [3.05, 3.63) is 41.8 Å². The number of nitrogens with zero attached hydrogens (tertiary/aromatic N) is 3. The number of nitrogens with one attached hydrogen (secondary N) is 2. The number of benzene rings is 1. The number of aromatic nitrogens is 3. The Kier molecular flexibility index (Phi) is 8.69. The van der Waals surface area contributed by atoms with Gasteiger partial charge in [0.05, 0.1) is 36.3 Å². The summed E-state index contributed by atoms with van der Waals surface area (Å²) in [6.07, 6.45) is 1.81. The van der Waals surface area contributed by atoms with Crippen molar-refractivity contribution in [3.63, 3.8) is 0 Å². The molecule has 2 aromatic heterocycles. The Hall–Kier alpha value is -3.73. The van der Waals surface area contributed by atoms with E-state index < -0.39 is 23.4 Å². The summed E-state index contributed by atoms with van der Waals surface area (Å²) in [4.78, 5) is 28.8. The van der Waals surface area contributed by atoms with Crippen molar-refractivity contribution >= 4 is 40.1 Å². The van der Waals surface area contributed by atoms with Crippen LogP contribution in [0.1, 0.15) is 51.4 Å². The number of rotatable bonds is 11. The number of halogens is 1. The Balaban J connectivity index is 1.88. The van der Waals surface area contributed by atoms with E-state index in [1.807, 2.05) is 33.0 Å². The lowest BCUT2D eigenvalue weighted by molar-refractivity contribution is -0.156. The van der Waals surface area contributed by atoms with Crippen molar-refractivity contribution in [2.75, 3.05) is 23.8 Å². The van der Waals surface area contributed by atoms with E-state index in [1.54, 1.807) is 37.7 Å². The first-order chi connectivity index (χ1) is 17.4. The van der Waals surface area contributed by atoms with E-state index in [1.165, 1.54) is 0 Å². The number of esters is 1. The third-order valence-electron chi connectivity index (χ3n) is 5.67. The molecule has 0 saturated carbocycles. The molecule has 1 amide bonds. The molecule has 4 N–H and O–H groups in total. The second-order valence-electron chi connectivity index (χ2n) is 9.92. The molecule has 2 atom stereocenters. The number of nitrogens with two attached hydrogens (primary N) is 1. The Labute approximate surface area is 215 Å². The van der Waals surface area contributed by atoms with Crippen LogP contribution in [0.4, 0.5) is 21.7 Å². The molecule has 0 unspecified atom stereocenters. The third kappa shape index (κ3) is 7.39. The molecule has 200 valence electrons. The molecule has 0 aliphatic heterocycles. The van der Waals surface area contributed by atoms with E-state index >= 15 is 4.39 Å². The average molecular weight is 515 g/mol. The molecule has 1 aromatic carbocycles. The van der Waals surface area contributed by atoms with Gasteiger partial charge < -0.3 is 25.8 Å². The second-order valence-corrected chi connectivity index (χ2v) is 9.92. The minimum Gasteiger partial charge on any atom is -0.460 e. The summed E-state index contributed by atoms with van der Waals surface area (Å²) in [6, 6.07) is 6.08. The number of carbonyl (C=O) groups is 2. The van der Waals surface area contributed by atoms with E-state index in [9.17, 15) is 9.59 Å². The minimum atomic E-state index is -0.827. The fraction of sp³-hybridized carbons (Fsp3) is 0.462. The topological polar surface area (TPSA) is 133 Å². The Morgan fingerprint density at radius 2 is 1.95 bits per heavy atom. The van der Waals surface area contributed by atoms with Crippen LogP contribution in [0.3, 0.4) is 0 Å². The SMILES string of the molecule is CCOC[C@@H](Nc1nc(Nc2ccc3c(cnn3C)c2)c(C(N)=O)cc1F)[C@H](C)CC(=O)OC(C)(C)C. The lowest BCUT2D eigenvalue weighted by Gasteiger charge is -2.27. The van der Waals surface area contributed by atoms with Crippen molar-refractivity contribution in [1.82, 2.24) is 14.8 Å². The first-order valence-electron chi connectivity index (χ1n) is 12.1. The Morgan fingerprint density at radius 1 is 1.22 bits per heavy atom. The molecule has 0 saturated heterocycles. The van der Waals surface area contributed by atoms with Gasteiger partial charge in [0.1, 0.15) is 11.4 Å². The summed E-state index contributed by atoms with van der Waals surface area (Å²) in [5, 5.41) is 11.2. The molecule has 0 fully saturated rings. The van der Waals surface area contributed by atoms with E-state index in [2.05, 4.69) is 20.7 Å². The molecule has 3 aromatic rings. The van der Waals surface area contributed by atoms with Crippen molar-refractivity contribution in [1.29, 1.82) is 0 Å². The van der Waals surface area contributed by atoms with Crippen LogP contribution in [0.2, 0.25) is 0 Å². The van der Waals surface area contributed by atoms with E-state index in [0.717, 1.165) is 17.0 Å². The van der Waals surface area contributed by atoms with Crippen LogP contribution in [0.5, 0.6) is 0 Å². The van der Waals surface area contributed by atoms with Crippen molar-refractivity contribution in [2.24, 2.45) is 18.7 Å². The van der Waals surface area contributed by atoms with E-state index in [-0.39, 0.29) is 42.1 Å². The molecule has 0 aliphatic carbocycles. The van der Waals surface area contributed by atoms with Gasteiger partial charge in [-0.25, -0.2) is 9.37 Å². The molecule has 10 nitrogen and oxygen atoms in total. The quantitative estimate of drug-likeness (QED) is 0.325.